The average molecular weight is 191 g/mol. The van der Waals surface area contributed by atoms with Gasteiger partial charge in [0.2, 0.25) is 0 Å². The molecule has 0 atom stereocenters. The van der Waals surface area contributed by atoms with Gasteiger partial charge in [0.15, 0.2) is 0 Å². The lowest BCUT2D eigenvalue weighted by molar-refractivity contribution is 1.07. The standard InChI is InChI=1S/C4H5BrN2.C2H6/c1-3-2-6-7-4(3)5;1-2/h2H,1H3,(H,6,7);1-2H3. The van der Waals surface area contributed by atoms with Gasteiger partial charge in [-0.15, -0.1) is 0 Å². The maximum atomic E-state index is 3.75. The molecule has 0 fully saturated rings. The Balaban J connectivity index is 0.000000291. The highest BCUT2D eigenvalue weighted by molar-refractivity contribution is 9.10. The monoisotopic (exact) mass is 190 g/mol. The molecule has 0 saturated heterocycles. The first kappa shape index (κ1) is 8.69. The van der Waals surface area contributed by atoms with Gasteiger partial charge in [-0.05, 0) is 22.9 Å². The zero-order valence-electron chi connectivity index (χ0n) is 5.90. The third-order valence-corrected chi connectivity index (χ3v) is 1.57. The van der Waals surface area contributed by atoms with Gasteiger partial charge in [0.25, 0.3) is 0 Å². The van der Waals surface area contributed by atoms with Crippen LogP contribution in [0.25, 0.3) is 0 Å². The maximum Gasteiger partial charge on any atom is 0.103 e. The van der Waals surface area contributed by atoms with Gasteiger partial charge < -0.3 is 0 Å². The van der Waals surface area contributed by atoms with E-state index in [9.17, 15) is 0 Å². The fourth-order valence-electron chi connectivity index (χ4n) is 0.331. The summed E-state index contributed by atoms with van der Waals surface area (Å²) in [5.74, 6) is 0. The second-order valence-electron chi connectivity index (χ2n) is 1.37. The molecule has 0 aliphatic carbocycles. The predicted octanol–water partition coefficient (Wildman–Crippen LogP) is 2.51. The summed E-state index contributed by atoms with van der Waals surface area (Å²) in [5, 5.41) is 6.48. The lowest BCUT2D eigenvalue weighted by Gasteiger charge is -1.76. The number of nitrogens with one attached hydrogen (secondary N) is 1. The highest BCUT2D eigenvalue weighted by Crippen LogP contribution is 2.08. The number of aromatic nitrogens is 2. The number of hydrogen-bond donors (Lipinski definition) is 1. The van der Waals surface area contributed by atoms with Gasteiger partial charge in [-0.25, -0.2) is 0 Å². The molecule has 0 aromatic carbocycles. The Bertz CT molecular complexity index is 143. The minimum atomic E-state index is 0.965. The Morgan fingerprint density at radius 3 is 2.22 bits per heavy atom. The van der Waals surface area contributed by atoms with Crippen molar-refractivity contribution >= 4 is 15.9 Å². The van der Waals surface area contributed by atoms with Crippen LogP contribution in [0, 0.1) is 6.92 Å². The van der Waals surface area contributed by atoms with E-state index in [1.54, 1.807) is 6.20 Å². The van der Waals surface area contributed by atoms with Crippen molar-refractivity contribution in [2.45, 2.75) is 20.8 Å². The predicted molar refractivity (Wildman–Crippen MR) is 42.4 cm³/mol. The molecule has 9 heavy (non-hydrogen) atoms. The Labute approximate surface area is 63.8 Å². The molecule has 0 spiro atoms. The molecule has 1 N–H and O–H groups in total. The first-order valence-electron chi connectivity index (χ1n) is 2.96. The summed E-state index contributed by atoms with van der Waals surface area (Å²) in [6.07, 6.45) is 1.77. The first-order valence-corrected chi connectivity index (χ1v) is 3.75. The van der Waals surface area contributed by atoms with E-state index in [2.05, 4.69) is 26.1 Å². The van der Waals surface area contributed by atoms with Crippen molar-refractivity contribution in [3.05, 3.63) is 16.4 Å². The van der Waals surface area contributed by atoms with Gasteiger partial charge in [0.1, 0.15) is 4.60 Å². The Kier molecular flexibility index (Phi) is 4.40. The van der Waals surface area contributed by atoms with Crippen LogP contribution in [0.2, 0.25) is 0 Å². The third kappa shape index (κ3) is 2.65. The lowest BCUT2D eigenvalue weighted by Crippen LogP contribution is -1.62. The summed E-state index contributed by atoms with van der Waals surface area (Å²) in [6.45, 7) is 5.98. The van der Waals surface area contributed by atoms with Crippen molar-refractivity contribution < 1.29 is 0 Å². The minimum Gasteiger partial charge on any atom is -0.271 e. The van der Waals surface area contributed by atoms with Crippen LogP contribution in [0.4, 0.5) is 0 Å². The van der Waals surface area contributed by atoms with E-state index in [1.807, 2.05) is 20.8 Å². The molecule has 0 bridgehead atoms. The van der Waals surface area contributed by atoms with Crippen LogP contribution in [0.1, 0.15) is 19.4 Å². The molecule has 1 rings (SSSR count). The van der Waals surface area contributed by atoms with Crippen molar-refractivity contribution in [3.63, 3.8) is 0 Å². The van der Waals surface area contributed by atoms with E-state index in [4.69, 9.17) is 0 Å². The molecule has 0 saturated carbocycles. The van der Waals surface area contributed by atoms with Crippen LogP contribution in [-0.2, 0) is 0 Å². The van der Waals surface area contributed by atoms with E-state index >= 15 is 0 Å². The largest absolute Gasteiger partial charge is 0.271 e. The number of aromatic amines is 1. The van der Waals surface area contributed by atoms with E-state index in [1.165, 1.54) is 0 Å². The highest BCUT2D eigenvalue weighted by Gasteiger charge is 1.89. The van der Waals surface area contributed by atoms with Gasteiger partial charge in [-0.2, -0.15) is 5.10 Å². The van der Waals surface area contributed by atoms with Crippen molar-refractivity contribution in [1.82, 2.24) is 10.2 Å². The number of hydrogen-bond acceptors (Lipinski definition) is 1. The van der Waals surface area contributed by atoms with Crippen molar-refractivity contribution in [3.8, 4) is 0 Å². The molecule has 0 amide bonds. The SMILES string of the molecule is CC.Cc1cn[nH]c1Br. The van der Waals surface area contributed by atoms with E-state index in [0.29, 0.717) is 0 Å². The number of rotatable bonds is 0. The molecule has 1 aromatic heterocycles. The summed E-state index contributed by atoms with van der Waals surface area (Å²) in [5.41, 5.74) is 1.14. The van der Waals surface area contributed by atoms with Gasteiger partial charge in [-0.1, -0.05) is 13.8 Å². The first-order chi connectivity index (χ1) is 4.30. The second-order valence-corrected chi connectivity index (χ2v) is 2.16. The second kappa shape index (κ2) is 4.56. The van der Waals surface area contributed by atoms with Crippen molar-refractivity contribution in [1.29, 1.82) is 0 Å². The summed E-state index contributed by atoms with van der Waals surface area (Å²) in [7, 11) is 0. The summed E-state index contributed by atoms with van der Waals surface area (Å²) in [4.78, 5) is 0. The quantitative estimate of drug-likeness (QED) is 0.670. The van der Waals surface area contributed by atoms with Crippen LogP contribution >= 0.6 is 15.9 Å². The fourth-order valence-corrected chi connectivity index (χ4v) is 0.535. The van der Waals surface area contributed by atoms with E-state index < -0.39 is 0 Å². The molecule has 3 heteroatoms. The molecule has 0 radical (unpaired) electrons. The van der Waals surface area contributed by atoms with Crippen LogP contribution in [0.3, 0.4) is 0 Å². The summed E-state index contributed by atoms with van der Waals surface area (Å²) < 4.78 is 0.965. The number of nitrogens with zero attached hydrogens (tertiary/aromatic N) is 1. The smallest absolute Gasteiger partial charge is 0.103 e. The van der Waals surface area contributed by atoms with Gasteiger partial charge in [0, 0.05) is 5.56 Å². The summed E-state index contributed by atoms with van der Waals surface area (Å²) >= 11 is 3.25. The highest BCUT2D eigenvalue weighted by atomic mass is 79.9. The van der Waals surface area contributed by atoms with Gasteiger partial charge in [0.05, 0.1) is 6.20 Å². The topological polar surface area (TPSA) is 28.7 Å². The molecule has 1 heterocycles. The third-order valence-electron chi connectivity index (χ3n) is 0.767. The molecule has 52 valence electrons. The zero-order chi connectivity index (χ0) is 7.28. The van der Waals surface area contributed by atoms with Crippen LogP contribution in [0.5, 0.6) is 0 Å². The van der Waals surface area contributed by atoms with Crippen LogP contribution in [0.15, 0.2) is 10.8 Å². The maximum absolute atomic E-state index is 3.75. The van der Waals surface area contributed by atoms with Crippen LogP contribution in [-0.4, -0.2) is 10.2 Å². The molecule has 0 aliphatic heterocycles. The molecular formula is C6H11BrN2. The molecular weight excluding hydrogens is 180 g/mol. The van der Waals surface area contributed by atoms with Crippen LogP contribution < -0.4 is 0 Å². The molecule has 2 nitrogen and oxygen atoms in total. The van der Waals surface area contributed by atoms with E-state index in [-0.39, 0.29) is 0 Å². The number of H-pyrrole nitrogens is 1. The molecule has 0 unspecified atom stereocenters. The molecule has 1 aromatic rings. The number of halogens is 1. The minimum absolute atomic E-state index is 0.965. The van der Waals surface area contributed by atoms with Crippen molar-refractivity contribution in [2.24, 2.45) is 0 Å². The lowest BCUT2D eigenvalue weighted by atomic mass is 10.4. The fraction of sp³-hybridized carbons (Fsp3) is 0.500. The summed E-state index contributed by atoms with van der Waals surface area (Å²) in [6, 6.07) is 0. The van der Waals surface area contributed by atoms with Gasteiger partial charge in [-0.3, -0.25) is 5.10 Å². The Morgan fingerprint density at radius 1 is 1.56 bits per heavy atom. The molecule has 0 aliphatic rings. The zero-order valence-corrected chi connectivity index (χ0v) is 7.49. The Morgan fingerprint density at radius 2 is 2.11 bits per heavy atom. The van der Waals surface area contributed by atoms with Crippen molar-refractivity contribution in [2.75, 3.05) is 0 Å². The average Bonchev–Trinajstić information content (AvgIpc) is 2.23. The Hall–Kier alpha value is -0.310. The number of aryl methyl sites for hydroxylation is 1. The normalized spacial score (nSPS) is 8.00. The van der Waals surface area contributed by atoms with Gasteiger partial charge >= 0.3 is 0 Å². The van der Waals surface area contributed by atoms with E-state index in [0.717, 1.165) is 10.2 Å².